The monoisotopic (exact) mass is 431 g/mol. The van der Waals surface area contributed by atoms with E-state index in [1.807, 2.05) is 13.1 Å². The highest BCUT2D eigenvalue weighted by molar-refractivity contribution is 4.89. The molecule has 1 atom stereocenters. The lowest BCUT2D eigenvalue weighted by molar-refractivity contribution is -0.00565. The molecule has 0 aromatic carbocycles. The van der Waals surface area contributed by atoms with Crippen LogP contribution in [-0.2, 0) is 41.6 Å². The van der Waals surface area contributed by atoms with Gasteiger partial charge in [0.2, 0.25) is 0 Å². The SMILES string of the molecule is CCCOCCOCCn1cc(COCCOCC(CC)COCCOCC)nn1. The lowest BCUT2D eigenvalue weighted by atomic mass is 10.1. The van der Waals surface area contributed by atoms with Gasteiger partial charge in [-0.05, 0) is 19.8 Å². The van der Waals surface area contributed by atoms with Gasteiger partial charge in [-0.25, -0.2) is 4.68 Å². The topological polar surface area (TPSA) is 86.1 Å². The maximum absolute atomic E-state index is 5.70. The fraction of sp³-hybridized carbons (Fsp3) is 0.905. The second kappa shape index (κ2) is 19.8. The van der Waals surface area contributed by atoms with Gasteiger partial charge in [0.1, 0.15) is 5.69 Å². The van der Waals surface area contributed by atoms with Crippen molar-refractivity contribution in [1.82, 2.24) is 15.0 Å². The third-order valence-corrected chi connectivity index (χ3v) is 4.25. The first-order chi connectivity index (χ1) is 14.8. The molecule has 1 aromatic rings. The van der Waals surface area contributed by atoms with Crippen molar-refractivity contribution in [2.75, 3.05) is 72.7 Å². The summed E-state index contributed by atoms with van der Waals surface area (Å²) in [7, 11) is 0. The van der Waals surface area contributed by atoms with E-state index in [4.69, 9.17) is 28.4 Å². The molecule has 0 N–H and O–H groups in total. The molecule has 0 aliphatic carbocycles. The molecule has 0 amide bonds. The largest absolute Gasteiger partial charge is 0.379 e. The number of ether oxygens (including phenoxy) is 6. The zero-order valence-corrected chi connectivity index (χ0v) is 19.1. The standard InChI is InChI=1S/C21H41N3O6/c1-4-8-26-11-12-27-9-7-24-16-21(22-23-24)19-30-15-14-29-18-20(5-2)17-28-13-10-25-6-3/h16,20H,4-15,17-19H2,1-3H3. The van der Waals surface area contributed by atoms with Crippen LogP contribution in [0.3, 0.4) is 0 Å². The molecule has 0 radical (unpaired) electrons. The van der Waals surface area contributed by atoms with Gasteiger partial charge in [0, 0.05) is 19.1 Å². The van der Waals surface area contributed by atoms with Crippen LogP contribution in [0.1, 0.15) is 39.3 Å². The number of hydrogen-bond donors (Lipinski definition) is 0. The van der Waals surface area contributed by atoms with Gasteiger partial charge in [-0.15, -0.1) is 5.10 Å². The Morgan fingerprint density at radius 1 is 0.767 bits per heavy atom. The first-order valence-corrected chi connectivity index (χ1v) is 11.2. The Balaban J connectivity index is 1.98. The molecule has 0 spiro atoms. The van der Waals surface area contributed by atoms with Crippen LogP contribution in [0.2, 0.25) is 0 Å². The number of nitrogens with zero attached hydrogens (tertiary/aromatic N) is 3. The maximum Gasteiger partial charge on any atom is 0.108 e. The van der Waals surface area contributed by atoms with Crippen molar-refractivity contribution in [3.63, 3.8) is 0 Å². The summed E-state index contributed by atoms with van der Waals surface area (Å²) in [6.45, 7) is 14.3. The molecule has 0 bridgehead atoms. The van der Waals surface area contributed by atoms with Crippen LogP contribution in [0.5, 0.6) is 0 Å². The quantitative estimate of drug-likeness (QED) is 0.259. The minimum absolute atomic E-state index is 0.395. The van der Waals surface area contributed by atoms with Crippen molar-refractivity contribution in [3.05, 3.63) is 11.9 Å². The Labute approximate surface area is 181 Å². The van der Waals surface area contributed by atoms with E-state index in [1.54, 1.807) is 4.68 Å². The Hall–Kier alpha value is -1.10. The van der Waals surface area contributed by atoms with Gasteiger partial charge in [0.05, 0.1) is 78.8 Å². The van der Waals surface area contributed by atoms with Gasteiger partial charge in [0.25, 0.3) is 0 Å². The van der Waals surface area contributed by atoms with Crippen LogP contribution in [0.25, 0.3) is 0 Å². The summed E-state index contributed by atoms with van der Waals surface area (Å²) in [6, 6.07) is 0. The summed E-state index contributed by atoms with van der Waals surface area (Å²) in [5, 5.41) is 8.19. The smallest absolute Gasteiger partial charge is 0.108 e. The van der Waals surface area contributed by atoms with E-state index in [0.29, 0.717) is 78.5 Å². The number of aromatic nitrogens is 3. The van der Waals surface area contributed by atoms with Crippen molar-refractivity contribution in [2.24, 2.45) is 5.92 Å². The third kappa shape index (κ3) is 14.8. The second-order valence-corrected chi connectivity index (χ2v) is 6.87. The normalized spacial score (nSPS) is 12.5. The molecule has 9 heteroatoms. The fourth-order valence-electron chi connectivity index (χ4n) is 2.48. The molecule has 1 rings (SSSR count). The summed E-state index contributed by atoms with van der Waals surface area (Å²) in [6.07, 6.45) is 3.93. The molecule has 0 aliphatic rings. The third-order valence-electron chi connectivity index (χ3n) is 4.25. The highest BCUT2D eigenvalue weighted by Crippen LogP contribution is 2.04. The molecule has 1 unspecified atom stereocenters. The Kier molecular flexibility index (Phi) is 17.8. The van der Waals surface area contributed by atoms with E-state index in [0.717, 1.165) is 31.7 Å². The summed E-state index contributed by atoms with van der Waals surface area (Å²) in [5.41, 5.74) is 0.801. The van der Waals surface area contributed by atoms with E-state index in [2.05, 4.69) is 24.2 Å². The maximum atomic E-state index is 5.70. The lowest BCUT2D eigenvalue weighted by Gasteiger charge is -2.15. The Bertz CT molecular complexity index is 489. The van der Waals surface area contributed by atoms with E-state index in [1.165, 1.54) is 0 Å². The van der Waals surface area contributed by atoms with Crippen molar-refractivity contribution < 1.29 is 28.4 Å². The summed E-state index contributed by atoms with van der Waals surface area (Å²) in [4.78, 5) is 0. The molecule has 0 aliphatic heterocycles. The van der Waals surface area contributed by atoms with E-state index in [-0.39, 0.29) is 0 Å². The minimum Gasteiger partial charge on any atom is -0.379 e. The van der Waals surface area contributed by atoms with Crippen molar-refractivity contribution in [2.45, 2.75) is 46.8 Å². The van der Waals surface area contributed by atoms with Gasteiger partial charge in [-0.1, -0.05) is 19.1 Å². The van der Waals surface area contributed by atoms with Crippen LogP contribution in [0.15, 0.2) is 6.20 Å². The highest BCUT2D eigenvalue weighted by Gasteiger charge is 2.07. The van der Waals surface area contributed by atoms with Crippen molar-refractivity contribution in [1.29, 1.82) is 0 Å². The summed E-state index contributed by atoms with van der Waals surface area (Å²) < 4.78 is 34.8. The van der Waals surface area contributed by atoms with Gasteiger partial charge in [0.15, 0.2) is 0 Å². The van der Waals surface area contributed by atoms with Crippen LogP contribution in [0.4, 0.5) is 0 Å². The van der Waals surface area contributed by atoms with Gasteiger partial charge in [-0.3, -0.25) is 0 Å². The number of hydrogen-bond acceptors (Lipinski definition) is 8. The van der Waals surface area contributed by atoms with Crippen molar-refractivity contribution in [3.8, 4) is 0 Å². The molecule has 30 heavy (non-hydrogen) atoms. The molecular formula is C21H41N3O6. The highest BCUT2D eigenvalue weighted by atomic mass is 16.5. The molecule has 0 fully saturated rings. The van der Waals surface area contributed by atoms with E-state index in [9.17, 15) is 0 Å². The zero-order valence-electron chi connectivity index (χ0n) is 19.1. The van der Waals surface area contributed by atoms with Crippen LogP contribution >= 0.6 is 0 Å². The van der Waals surface area contributed by atoms with Gasteiger partial charge < -0.3 is 28.4 Å². The second-order valence-electron chi connectivity index (χ2n) is 6.87. The predicted molar refractivity (Wildman–Crippen MR) is 114 cm³/mol. The van der Waals surface area contributed by atoms with Gasteiger partial charge in [-0.2, -0.15) is 0 Å². The van der Waals surface area contributed by atoms with Crippen molar-refractivity contribution >= 4 is 0 Å². The zero-order chi connectivity index (χ0) is 21.7. The average molecular weight is 432 g/mol. The first kappa shape index (κ1) is 26.9. The van der Waals surface area contributed by atoms with Crippen LogP contribution in [0, 0.1) is 5.92 Å². The number of rotatable bonds is 22. The molecular weight excluding hydrogens is 390 g/mol. The lowest BCUT2D eigenvalue weighted by Crippen LogP contribution is -2.18. The molecule has 176 valence electrons. The molecule has 1 heterocycles. The summed E-state index contributed by atoms with van der Waals surface area (Å²) >= 11 is 0. The fourth-order valence-corrected chi connectivity index (χ4v) is 2.48. The van der Waals surface area contributed by atoms with E-state index >= 15 is 0 Å². The Morgan fingerprint density at radius 3 is 2.07 bits per heavy atom. The molecule has 0 saturated heterocycles. The molecule has 9 nitrogen and oxygen atoms in total. The van der Waals surface area contributed by atoms with Gasteiger partial charge >= 0.3 is 0 Å². The minimum atomic E-state index is 0.395. The van der Waals surface area contributed by atoms with E-state index < -0.39 is 0 Å². The summed E-state index contributed by atoms with van der Waals surface area (Å²) in [5.74, 6) is 0.395. The Morgan fingerprint density at radius 2 is 1.40 bits per heavy atom. The van der Waals surface area contributed by atoms with Crippen LogP contribution < -0.4 is 0 Å². The average Bonchev–Trinajstić information content (AvgIpc) is 3.21. The predicted octanol–water partition coefficient (Wildman–Crippen LogP) is 2.33. The first-order valence-electron chi connectivity index (χ1n) is 11.2. The molecule has 1 aromatic heterocycles. The van der Waals surface area contributed by atoms with Crippen LogP contribution in [-0.4, -0.2) is 87.7 Å². The molecule has 0 saturated carbocycles.